The first-order chi connectivity index (χ1) is 18.7. The van der Waals surface area contributed by atoms with Crippen LogP contribution in [-0.4, -0.2) is 32.0 Å². The summed E-state index contributed by atoms with van der Waals surface area (Å²) in [4.78, 5) is 16.5. The van der Waals surface area contributed by atoms with Gasteiger partial charge in [0.2, 0.25) is 0 Å². The molecule has 6 heteroatoms. The van der Waals surface area contributed by atoms with Gasteiger partial charge in [0.15, 0.2) is 0 Å². The molecular weight excluding hydrogens is 468 g/mol. The molecule has 2 saturated carbocycles. The fourth-order valence-corrected chi connectivity index (χ4v) is 6.82. The number of hydrogen-bond acceptors (Lipinski definition) is 4. The van der Waals surface area contributed by atoms with Crippen molar-refractivity contribution < 1.29 is 0 Å². The van der Waals surface area contributed by atoms with Gasteiger partial charge in [-0.05, 0) is 77.1 Å². The average Bonchev–Trinajstić information content (AvgIpc) is 3.52. The number of hydrogen-bond donors (Lipinski definition) is 4. The van der Waals surface area contributed by atoms with Crippen LogP contribution in [-0.2, 0) is 0 Å². The van der Waals surface area contributed by atoms with Gasteiger partial charge in [0, 0.05) is 17.6 Å². The molecule has 6 atom stereocenters. The predicted octanol–water partition coefficient (Wildman–Crippen LogP) is 6.13. The molecule has 0 unspecified atom stereocenters. The fourth-order valence-electron chi connectivity index (χ4n) is 6.82. The van der Waals surface area contributed by atoms with Crippen LogP contribution in [0.4, 0.5) is 0 Å². The van der Waals surface area contributed by atoms with Gasteiger partial charge in [0.1, 0.15) is 11.6 Å². The molecule has 2 aromatic heterocycles. The molecule has 9 rings (SSSR count). The smallest absolute Gasteiger partial charge is 0.123 e. The van der Waals surface area contributed by atoms with Crippen LogP contribution < -0.4 is 10.6 Å². The van der Waals surface area contributed by atoms with Gasteiger partial charge in [-0.25, -0.2) is 9.97 Å². The topological polar surface area (TPSA) is 81.4 Å². The lowest BCUT2D eigenvalue weighted by atomic mass is 9.98. The third-order valence-electron chi connectivity index (χ3n) is 9.28. The Kier molecular flexibility index (Phi) is 4.40. The lowest BCUT2D eigenvalue weighted by molar-refractivity contribution is 0.543. The first-order valence-electron chi connectivity index (χ1n) is 14.0. The van der Waals surface area contributed by atoms with Gasteiger partial charge < -0.3 is 20.6 Å². The Labute approximate surface area is 221 Å². The number of benzene rings is 3. The Morgan fingerprint density at radius 1 is 0.526 bits per heavy atom. The quantitative estimate of drug-likeness (QED) is 0.235. The minimum atomic E-state index is 0.381. The van der Waals surface area contributed by atoms with E-state index in [1.807, 2.05) is 12.4 Å². The van der Waals surface area contributed by atoms with E-state index in [0.717, 1.165) is 47.0 Å². The van der Waals surface area contributed by atoms with Crippen LogP contribution in [0.1, 0.15) is 49.4 Å². The Morgan fingerprint density at radius 2 is 1.03 bits per heavy atom. The first-order valence-corrected chi connectivity index (χ1v) is 14.0. The molecule has 0 radical (unpaired) electrons. The summed E-state index contributed by atoms with van der Waals surface area (Å²) in [5, 5.41) is 9.85. The van der Waals surface area contributed by atoms with Crippen LogP contribution in [0.5, 0.6) is 0 Å². The summed E-state index contributed by atoms with van der Waals surface area (Å²) < 4.78 is 0. The van der Waals surface area contributed by atoms with Crippen molar-refractivity contribution in [2.45, 2.75) is 49.9 Å². The summed E-state index contributed by atoms with van der Waals surface area (Å²) in [7, 11) is 0. The third kappa shape index (κ3) is 3.55. The van der Waals surface area contributed by atoms with Crippen molar-refractivity contribution in [2.75, 3.05) is 0 Å². The summed E-state index contributed by atoms with van der Waals surface area (Å²) in [6.07, 6.45) is 9.05. The van der Waals surface area contributed by atoms with E-state index in [1.165, 1.54) is 58.7 Å². The lowest BCUT2D eigenvalue weighted by Gasteiger charge is -2.10. The number of aromatic nitrogens is 4. The molecule has 4 heterocycles. The van der Waals surface area contributed by atoms with E-state index >= 15 is 0 Å². The van der Waals surface area contributed by atoms with Crippen LogP contribution in [0, 0.1) is 11.8 Å². The largest absolute Gasteiger partial charge is 0.341 e. The van der Waals surface area contributed by atoms with Crippen molar-refractivity contribution >= 4 is 10.8 Å². The van der Waals surface area contributed by atoms with E-state index in [0.29, 0.717) is 12.1 Å². The average molecular weight is 499 g/mol. The maximum atomic E-state index is 4.69. The molecule has 3 aromatic carbocycles. The highest BCUT2D eigenvalue weighted by Crippen LogP contribution is 2.46. The number of aromatic amines is 2. The van der Waals surface area contributed by atoms with Crippen LogP contribution in [0.25, 0.3) is 44.4 Å². The molecule has 4 aliphatic rings. The lowest BCUT2D eigenvalue weighted by Crippen LogP contribution is -2.18. The molecule has 188 valence electrons. The number of imidazole rings is 2. The SMILES string of the molecule is c1cc(-c2cnc([C@@H]3C[C@H]4C[C@H]4N3)[nH]2)ccc1-c1ccc2cc(-c3cnc([C@@H]4C[C@@H]5C[C@H]5N4)[nH]3)ccc2c1. The van der Waals surface area contributed by atoms with Crippen molar-refractivity contribution in [3.05, 3.63) is 84.7 Å². The second-order valence-electron chi connectivity index (χ2n) is 11.8. The Balaban J connectivity index is 0.938. The number of H-pyrrole nitrogens is 2. The zero-order valence-electron chi connectivity index (χ0n) is 21.1. The normalized spacial score (nSPS) is 28.9. The zero-order chi connectivity index (χ0) is 24.8. The van der Waals surface area contributed by atoms with Crippen LogP contribution in [0.3, 0.4) is 0 Å². The summed E-state index contributed by atoms with van der Waals surface area (Å²) in [5.41, 5.74) is 6.97. The first kappa shape index (κ1) is 21.2. The fraction of sp³-hybridized carbons (Fsp3) is 0.312. The number of piperidine rings is 2. The monoisotopic (exact) mass is 498 g/mol. The molecule has 0 bridgehead atoms. The molecule has 4 fully saturated rings. The van der Waals surface area contributed by atoms with E-state index in [1.54, 1.807) is 0 Å². The Morgan fingerprint density at radius 3 is 1.61 bits per heavy atom. The van der Waals surface area contributed by atoms with Gasteiger partial charge in [-0.2, -0.15) is 0 Å². The second-order valence-corrected chi connectivity index (χ2v) is 11.8. The predicted molar refractivity (Wildman–Crippen MR) is 149 cm³/mol. The second kappa shape index (κ2) is 7.88. The van der Waals surface area contributed by atoms with Crippen molar-refractivity contribution in [3.8, 4) is 33.6 Å². The van der Waals surface area contributed by atoms with Crippen molar-refractivity contribution in [1.82, 2.24) is 30.6 Å². The van der Waals surface area contributed by atoms with E-state index in [-0.39, 0.29) is 0 Å². The number of nitrogens with zero attached hydrogens (tertiary/aromatic N) is 2. The van der Waals surface area contributed by atoms with E-state index in [9.17, 15) is 0 Å². The maximum absolute atomic E-state index is 4.69. The molecule has 0 amide bonds. The molecule has 4 N–H and O–H groups in total. The summed E-state index contributed by atoms with van der Waals surface area (Å²) in [5.74, 6) is 3.87. The van der Waals surface area contributed by atoms with Crippen molar-refractivity contribution in [1.29, 1.82) is 0 Å². The van der Waals surface area contributed by atoms with Gasteiger partial charge in [0.25, 0.3) is 0 Å². The summed E-state index contributed by atoms with van der Waals surface area (Å²) in [6, 6.07) is 24.4. The minimum Gasteiger partial charge on any atom is -0.341 e. The highest BCUT2D eigenvalue weighted by atomic mass is 15.1. The summed E-state index contributed by atoms with van der Waals surface area (Å²) >= 11 is 0. The molecular formula is C32H30N6. The van der Waals surface area contributed by atoms with Gasteiger partial charge in [-0.15, -0.1) is 0 Å². The molecule has 6 nitrogen and oxygen atoms in total. The minimum absolute atomic E-state index is 0.381. The standard InChI is InChI=1S/C32H30N6/c1-3-18(29-15-33-31(37-29)27-13-23-11-25(23)35-27)4-2-17(1)19-5-6-21-10-22(8-7-20(21)9-19)30-16-34-32(38-30)28-14-24-12-26(24)36-28/h1-10,15-16,23-28,35-36H,11-14H2,(H,33,37)(H,34,38)/t23-,24+,25-,26-,27+,28+/m1/s1. The van der Waals surface area contributed by atoms with Gasteiger partial charge >= 0.3 is 0 Å². The Bertz CT molecular complexity index is 1660. The highest BCUT2D eigenvalue weighted by molar-refractivity contribution is 5.90. The number of rotatable bonds is 5. The van der Waals surface area contributed by atoms with Gasteiger partial charge in [0.05, 0.1) is 35.9 Å². The van der Waals surface area contributed by atoms with Crippen LogP contribution in [0.15, 0.2) is 73.1 Å². The van der Waals surface area contributed by atoms with Crippen LogP contribution in [0.2, 0.25) is 0 Å². The van der Waals surface area contributed by atoms with Crippen molar-refractivity contribution in [3.63, 3.8) is 0 Å². The third-order valence-corrected chi connectivity index (χ3v) is 9.28. The summed E-state index contributed by atoms with van der Waals surface area (Å²) in [6.45, 7) is 0. The molecule has 2 aliphatic carbocycles. The molecule has 0 spiro atoms. The van der Waals surface area contributed by atoms with Gasteiger partial charge in [-0.3, -0.25) is 0 Å². The van der Waals surface area contributed by atoms with Crippen molar-refractivity contribution in [2.24, 2.45) is 11.8 Å². The molecule has 38 heavy (non-hydrogen) atoms. The molecule has 2 saturated heterocycles. The van der Waals surface area contributed by atoms with Gasteiger partial charge in [-0.1, -0.05) is 48.5 Å². The number of nitrogens with one attached hydrogen (secondary N) is 4. The van der Waals surface area contributed by atoms with Crippen LogP contribution >= 0.6 is 0 Å². The highest BCUT2D eigenvalue weighted by Gasteiger charge is 2.47. The number of fused-ring (bicyclic) bond motifs is 3. The van der Waals surface area contributed by atoms with E-state index in [4.69, 9.17) is 4.98 Å². The molecule has 5 aromatic rings. The van der Waals surface area contributed by atoms with E-state index in [2.05, 4.69) is 86.2 Å². The molecule has 2 aliphatic heterocycles. The van der Waals surface area contributed by atoms with E-state index < -0.39 is 0 Å². The zero-order valence-corrected chi connectivity index (χ0v) is 21.1. The maximum Gasteiger partial charge on any atom is 0.123 e. The Hall–Kier alpha value is -3.74.